The first-order valence-electron chi connectivity index (χ1n) is 5.99. The van der Waals surface area contributed by atoms with Gasteiger partial charge < -0.3 is 5.32 Å². The van der Waals surface area contributed by atoms with Gasteiger partial charge in [0.05, 0.1) is 0 Å². The van der Waals surface area contributed by atoms with Crippen LogP contribution in [-0.4, -0.2) is 16.2 Å². The van der Waals surface area contributed by atoms with Crippen LogP contribution in [0, 0.1) is 6.92 Å². The number of aliphatic imine (C=N–C) groups is 1. The molecule has 1 N–H and O–H groups in total. The molecule has 1 aliphatic heterocycles. The third-order valence-corrected chi connectivity index (χ3v) is 3.01. The van der Waals surface area contributed by atoms with Crippen LogP contribution in [0.25, 0.3) is 0 Å². The molecule has 1 aliphatic rings. The van der Waals surface area contributed by atoms with Crippen molar-refractivity contribution in [2.75, 3.05) is 5.32 Å². The summed E-state index contributed by atoms with van der Waals surface area (Å²) in [5.74, 6) is 1.68. The second-order valence-electron chi connectivity index (χ2n) is 4.38. The van der Waals surface area contributed by atoms with Crippen molar-refractivity contribution in [1.82, 2.24) is 9.97 Å². The van der Waals surface area contributed by atoms with Crippen LogP contribution in [0.3, 0.4) is 0 Å². The summed E-state index contributed by atoms with van der Waals surface area (Å²) in [7, 11) is 0. The summed E-state index contributed by atoms with van der Waals surface area (Å²) < 4.78 is 0. The molecular formula is C14H14N4. The molecule has 2 heterocycles. The van der Waals surface area contributed by atoms with E-state index in [-0.39, 0.29) is 0 Å². The van der Waals surface area contributed by atoms with Gasteiger partial charge in [0.15, 0.2) is 5.82 Å². The van der Waals surface area contributed by atoms with Crippen LogP contribution in [0.4, 0.5) is 11.6 Å². The van der Waals surface area contributed by atoms with Gasteiger partial charge in [-0.1, -0.05) is 29.8 Å². The zero-order chi connectivity index (χ0) is 12.4. The van der Waals surface area contributed by atoms with Crippen molar-refractivity contribution in [3.05, 3.63) is 47.3 Å². The monoisotopic (exact) mass is 238 g/mol. The van der Waals surface area contributed by atoms with Crippen LogP contribution in [0.5, 0.6) is 0 Å². The Morgan fingerprint density at radius 1 is 1.17 bits per heavy atom. The summed E-state index contributed by atoms with van der Waals surface area (Å²) in [4.78, 5) is 12.6. The van der Waals surface area contributed by atoms with E-state index in [9.17, 15) is 0 Å². The Morgan fingerprint density at radius 3 is 2.83 bits per heavy atom. The zero-order valence-electron chi connectivity index (χ0n) is 10.2. The molecule has 18 heavy (non-hydrogen) atoms. The number of nitrogens with one attached hydrogen (secondary N) is 1. The Balaban J connectivity index is 1.74. The lowest BCUT2D eigenvalue weighted by atomic mass is 10.1. The zero-order valence-corrected chi connectivity index (χ0v) is 10.2. The fraction of sp³-hybridized carbons (Fsp3) is 0.214. The summed E-state index contributed by atoms with van der Waals surface area (Å²) >= 11 is 0. The van der Waals surface area contributed by atoms with E-state index >= 15 is 0 Å². The standard InChI is InChI=1S/C14H14N4/c1-10-2-4-11(5-3-10)8-16-14-12-6-7-15-13(12)17-9-18-14/h2-5,7,9H,6,8H2,1H3,(H,16,17,18). The molecule has 0 aliphatic carbocycles. The molecule has 0 amide bonds. The van der Waals surface area contributed by atoms with Crippen molar-refractivity contribution in [2.24, 2.45) is 4.99 Å². The summed E-state index contributed by atoms with van der Waals surface area (Å²) in [6, 6.07) is 8.48. The van der Waals surface area contributed by atoms with Gasteiger partial charge in [-0.15, -0.1) is 0 Å². The number of aromatic nitrogens is 2. The number of hydrogen-bond donors (Lipinski definition) is 1. The normalized spacial score (nSPS) is 12.5. The van der Waals surface area contributed by atoms with Crippen LogP contribution in [0.15, 0.2) is 35.6 Å². The summed E-state index contributed by atoms with van der Waals surface area (Å²) in [6.07, 6.45) is 4.24. The highest BCUT2D eigenvalue weighted by atomic mass is 15.1. The molecule has 1 aromatic carbocycles. The molecule has 0 radical (unpaired) electrons. The topological polar surface area (TPSA) is 50.2 Å². The molecule has 0 bridgehead atoms. The Kier molecular flexibility index (Phi) is 2.76. The van der Waals surface area contributed by atoms with E-state index < -0.39 is 0 Å². The van der Waals surface area contributed by atoms with Gasteiger partial charge in [0.2, 0.25) is 0 Å². The maximum absolute atomic E-state index is 4.28. The lowest BCUT2D eigenvalue weighted by Crippen LogP contribution is -2.04. The number of benzene rings is 1. The van der Waals surface area contributed by atoms with E-state index in [1.54, 1.807) is 6.33 Å². The largest absolute Gasteiger partial charge is 0.366 e. The average Bonchev–Trinajstić information content (AvgIpc) is 2.87. The fourth-order valence-corrected chi connectivity index (χ4v) is 1.97. The molecule has 90 valence electrons. The number of nitrogens with zero attached hydrogens (tertiary/aromatic N) is 3. The van der Waals surface area contributed by atoms with Crippen molar-refractivity contribution in [3.63, 3.8) is 0 Å². The quantitative estimate of drug-likeness (QED) is 0.894. The van der Waals surface area contributed by atoms with E-state index in [4.69, 9.17) is 0 Å². The van der Waals surface area contributed by atoms with Crippen LogP contribution < -0.4 is 5.32 Å². The Bertz CT molecular complexity index is 587. The van der Waals surface area contributed by atoms with Crippen molar-refractivity contribution in [2.45, 2.75) is 19.9 Å². The predicted octanol–water partition coefficient (Wildman–Crippen LogP) is 2.66. The Labute approximate surface area is 106 Å². The molecule has 4 nitrogen and oxygen atoms in total. The smallest absolute Gasteiger partial charge is 0.160 e. The van der Waals surface area contributed by atoms with Crippen LogP contribution in [0.2, 0.25) is 0 Å². The second-order valence-corrected chi connectivity index (χ2v) is 4.38. The number of anilines is 1. The van der Waals surface area contributed by atoms with Crippen LogP contribution >= 0.6 is 0 Å². The number of fused-ring (bicyclic) bond motifs is 1. The van der Waals surface area contributed by atoms with Gasteiger partial charge in [-0.3, -0.25) is 0 Å². The number of rotatable bonds is 3. The van der Waals surface area contributed by atoms with Gasteiger partial charge in [0.25, 0.3) is 0 Å². The molecule has 0 atom stereocenters. The van der Waals surface area contributed by atoms with Gasteiger partial charge in [0.1, 0.15) is 12.1 Å². The van der Waals surface area contributed by atoms with Crippen molar-refractivity contribution in [3.8, 4) is 0 Å². The highest BCUT2D eigenvalue weighted by Crippen LogP contribution is 2.26. The molecule has 4 heteroatoms. The summed E-state index contributed by atoms with van der Waals surface area (Å²) in [6.45, 7) is 2.86. The van der Waals surface area contributed by atoms with E-state index in [1.807, 2.05) is 6.21 Å². The molecule has 0 saturated carbocycles. The van der Waals surface area contributed by atoms with Gasteiger partial charge in [-0.25, -0.2) is 15.0 Å². The SMILES string of the molecule is Cc1ccc(CNc2ncnc3c2CC=N3)cc1. The van der Waals surface area contributed by atoms with Crippen LogP contribution in [-0.2, 0) is 13.0 Å². The molecule has 3 rings (SSSR count). The van der Waals surface area contributed by atoms with Crippen molar-refractivity contribution >= 4 is 17.9 Å². The first-order chi connectivity index (χ1) is 8.83. The van der Waals surface area contributed by atoms with Crippen molar-refractivity contribution in [1.29, 1.82) is 0 Å². The molecular weight excluding hydrogens is 224 g/mol. The fourth-order valence-electron chi connectivity index (χ4n) is 1.97. The third kappa shape index (κ3) is 2.09. The summed E-state index contributed by atoms with van der Waals surface area (Å²) in [5.41, 5.74) is 3.60. The minimum atomic E-state index is 0.768. The average molecular weight is 238 g/mol. The summed E-state index contributed by atoms with van der Waals surface area (Å²) in [5, 5.41) is 3.35. The molecule has 0 saturated heterocycles. The lowest BCUT2D eigenvalue weighted by molar-refractivity contribution is 1.06. The van der Waals surface area contributed by atoms with E-state index in [0.29, 0.717) is 0 Å². The number of aryl methyl sites for hydroxylation is 1. The lowest BCUT2D eigenvalue weighted by Gasteiger charge is -2.09. The first kappa shape index (κ1) is 10.9. The molecule has 2 aromatic rings. The van der Waals surface area contributed by atoms with E-state index in [2.05, 4.69) is 51.5 Å². The minimum absolute atomic E-state index is 0.768. The maximum atomic E-state index is 4.28. The highest BCUT2D eigenvalue weighted by Gasteiger charge is 2.13. The number of hydrogen-bond acceptors (Lipinski definition) is 4. The maximum Gasteiger partial charge on any atom is 0.160 e. The predicted molar refractivity (Wildman–Crippen MR) is 72.4 cm³/mol. The molecule has 1 aromatic heterocycles. The Morgan fingerprint density at radius 2 is 2.00 bits per heavy atom. The van der Waals surface area contributed by atoms with Gasteiger partial charge >= 0.3 is 0 Å². The van der Waals surface area contributed by atoms with E-state index in [0.717, 1.165) is 30.2 Å². The minimum Gasteiger partial charge on any atom is -0.366 e. The first-order valence-corrected chi connectivity index (χ1v) is 5.99. The Hall–Kier alpha value is -2.23. The molecule has 0 unspecified atom stereocenters. The third-order valence-electron chi connectivity index (χ3n) is 3.01. The molecule has 0 fully saturated rings. The highest BCUT2D eigenvalue weighted by molar-refractivity contribution is 5.77. The van der Waals surface area contributed by atoms with Gasteiger partial charge in [0, 0.05) is 24.7 Å². The van der Waals surface area contributed by atoms with Gasteiger partial charge in [-0.05, 0) is 12.5 Å². The van der Waals surface area contributed by atoms with Crippen LogP contribution in [0.1, 0.15) is 16.7 Å². The van der Waals surface area contributed by atoms with E-state index in [1.165, 1.54) is 11.1 Å². The molecule has 0 spiro atoms. The second kappa shape index (κ2) is 4.56. The van der Waals surface area contributed by atoms with Crippen molar-refractivity contribution < 1.29 is 0 Å². The van der Waals surface area contributed by atoms with Gasteiger partial charge in [-0.2, -0.15) is 0 Å².